The fraction of sp³-hybridized carbons (Fsp3) is 0.154. The second-order valence-corrected chi connectivity index (χ2v) is 10.3. The van der Waals surface area contributed by atoms with Crippen molar-refractivity contribution < 1.29 is 13.2 Å². The molecule has 2 N–H and O–H groups in total. The Morgan fingerprint density at radius 2 is 1.81 bits per heavy atom. The van der Waals surface area contributed by atoms with Gasteiger partial charge >= 0.3 is 10.0 Å². The highest BCUT2D eigenvalue weighted by atomic mass is 32.2. The summed E-state index contributed by atoms with van der Waals surface area (Å²) in [7, 11) is -2.50. The number of aliphatic imine (C=N–C) groups is 1. The van der Waals surface area contributed by atoms with Crippen LogP contribution in [0, 0.1) is 0 Å². The Hall–Kier alpha value is -4.51. The molecule has 11 heteroatoms. The van der Waals surface area contributed by atoms with Crippen molar-refractivity contribution in [1.82, 2.24) is 23.6 Å². The number of rotatable bonds is 7. The molecule has 0 aliphatic rings. The number of imidazole rings is 1. The van der Waals surface area contributed by atoms with Gasteiger partial charge in [-0.05, 0) is 55.3 Å². The molecule has 0 atom stereocenters. The van der Waals surface area contributed by atoms with Crippen molar-refractivity contribution in [3.05, 3.63) is 79.0 Å². The number of hydrogen-bond acceptors (Lipinski definition) is 8. The van der Waals surface area contributed by atoms with Gasteiger partial charge in [0.05, 0.1) is 18.5 Å². The topological polar surface area (TPSA) is 130 Å². The summed E-state index contributed by atoms with van der Waals surface area (Å²) in [5.74, 6) is 0.766. The van der Waals surface area contributed by atoms with Gasteiger partial charge in [0.25, 0.3) is 0 Å². The smallest absolute Gasteiger partial charge is 0.301 e. The van der Waals surface area contributed by atoms with Crippen LogP contribution in [-0.2, 0) is 10.0 Å². The van der Waals surface area contributed by atoms with Crippen LogP contribution in [0.3, 0.4) is 0 Å². The van der Waals surface area contributed by atoms with Crippen molar-refractivity contribution in [1.29, 1.82) is 0 Å². The van der Waals surface area contributed by atoms with Gasteiger partial charge in [0.2, 0.25) is 0 Å². The Balaban J connectivity index is 1.59. The first kappa shape index (κ1) is 24.2. The molecule has 0 aliphatic heterocycles. The van der Waals surface area contributed by atoms with Crippen LogP contribution >= 0.6 is 0 Å². The van der Waals surface area contributed by atoms with Crippen LogP contribution in [0.4, 0.5) is 0 Å². The van der Waals surface area contributed by atoms with E-state index in [1.807, 2.05) is 44.2 Å². The summed E-state index contributed by atoms with van der Waals surface area (Å²) in [5.41, 5.74) is 9.90. The molecule has 0 saturated carbocycles. The van der Waals surface area contributed by atoms with Gasteiger partial charge < -0.3 is 10.5 Å². The second-order valence-electron chi connectivity index (χ2n) is 8.56. The summed E-state index contributed by atoms with van der Waals surface area (Å²) in [6.45, 7) is 3.94. The Bertz CT molecular complexity index is 1770. The third-order valence-electron chi connectivity index (χ3n) is 5.69. The predicted molar refractivity (Wildman–Crippen MR) is 143 cm³/mol. The molecule has 1 aromatic carbocycles. The van der Waals surface area contributed by atoms with E-state index in [4.69, 9.17) is 10.5 Å². The molecule has 0 unspecified atom stereocenters. The highest BCUT2D eigenvalue weighted by Gasteiger charge is 2.25. The SMILES string of the molecule is CN=CC(=CN)c1cnc2cnn(S(=O)(=O)c3cnc4ccc(-c5ccc(OC(C)C)cc5)cn34)c2c1. The quantitative estimate of drug-likeness (QED) is 0.327. The van der Waals surface area contributed by atoms with Crippen LogP contribution in [0.15, 0.2) is 83.5 Å². The average Bonchev–Trinajstić information content (AvgIpc) is 3.51. The van der Waals surface area contributed by atoms with Crippen molar-refractivity contribution >= 4 is 38.5 Å². The fourth-order valence-corrected chi connectivity index (χ4v) is 5.33. The summed E-state index contributed by atoms with van der Waals surface area (Å²) in [6.07, 6.45) is 9.11. The number of ether oxygens (including phenoxy) is 1. The van der Waals surface area contributed by atoms with Crippen LogP contribution in [0.1, 0.15) is 19.4 Å². The van der Waals surface area contributed by atoms with E-state index in [2.05, 4.69) is 20.1 Å². The van der Waals surface area contributed by atoms with Gasteiger partial charge in [-0.1, -0.05) is 12.1 Å². The predicted octanol–water partition coefficient (Wildman–Crippen LogP) is 3.77. The zero-order valence-electron chi connectivity index (χ0n) is 20.5. The van der Waals surface area contributed by atoms with Gasteiger partial charge in [-0.25, -0.2) is 4.98 Å². The molecule has 0 fully saturated rings. The lowest BCUT2D eigenvalue weighted by Crippen LogP contribution is -2.16. The number of allylic oxidation sites excluding steroid dienone is 1. The molecule has 0 bridgehead atoms. The lowest BCUT2D eigenvalue weighted by molar-refractivity contribution is 0.242. The highest BCUT2D eigenvalue weighted by Crippen LogP contribution is 2.27. The number of nitrogens with zero attached hydrogens (tertiary/aromatic N) is 6. The third-order valence-corrected chi connectivity index (χ3v) is 7.27. The summed E-state index contributed by atoms with van der Waals surface area (Å²) >= 11 is 0. The molecule has 4 heterocycles. The molecule has 0 radical (unpaired) electrons. The van der Waals surface area contributed by atoms with Crippen LogP contribution in [0.5, 0.6) is 5.75 Å². The van der Waals surface area contributed by atoms with Gasteiger partial charge in [-0.15, -0.1) is 0 Å². The average molecular weight is 516 g/mol. The highest BCUT2D eigenvalue weighted by molar-refractivity contribution is 7.90. The summed E-state index contributed by atoms with van der Waals surface area (Å²) in [4.78, 5) is 12.6. The molecular weight excluding hydrogens is 490 g/mol. The van der Waals surface area contributed by atoms with E-state index < -0.39 is 10.0 Å². The van der Waals surface area contributed by atoms with E-state index in [0.717, 1.165) is 21.0 Å². The number of pyridine rings is 2. The minimum absolute atomic E-state index is 0.0239. The summed E-state index contributed by atoms with van der Waals surface area (Å²) < 4.78 is 35.8. The molecule has 5 rings (SSSR count). The second kappa shape index (κ2) is 9.51. The Morgan fingerprint density at radius 1 is 1.05 bits per heavy atom. The molecule has 0 saturated heterocycles. The van der Waals surface area contributed by atoms with E-state index in [1.165, 1.54) is 18.6 Å². The normalized spacial score (nSPS) is 12.8. The van der Waals surface area contributed by atoms with Crippen LogP contribution < -0.4 is 10.5 Å². The van der Waals surface area contributed by atoms with Crippen molar-refractivity contribution in [2.45, 2.75) is 25.0 Å². The first-order valence-electron chi connectivity index (χ1n) is 11.5. The van der Waals surface area contributed by atoms with E-state index in [9.17, 15) is 8.42 Å². The summed E-state index contributed by atoms with van der Waals surface area (Å²) in [6, 6.07) is 13.0. The van der Waals surface area contributed by atoms with E-state index >= 15 is 0 Å². The van der Waals surface area contributed by atoms with Crippen molar-refractivity contribution in [2.24, 2.45) is 10.7 Å². The summed E-state index contributed by atoms with van der Waals surface area (Å²) in [5, 5.41) is 4.12. The van der Waals surface area contributed by atoms with Crippen molar-refractivity contribution in [3.63, 3.8) is 0 Å². The minimum atomic E-state index is -4.12. The van der Waals surface area contributed by atoms with E-state index in [1.54, 1.807) is 42.2 Å². The molecule has 0 spiro atoms. The van der Waals surface area contributed by atoms with Gasteiger partial charge in [-0.2, -0.15) is 17.6 Å². The molecule has 188 valence electrons. The number of hydrogen-bond donors (Lipinski definition) is 1. The zero-order chi connectivity index (χ0) is 26.2. The lowest BCUT2D eigenvalue weighted by Gasteiger charge is -2.11. The largest absolute Gasteiger partial charge is 0.491 e. The van der Waals surface area contributed by atoms with E-state index in [-0.39, 0.29) is 11.1 Å². The Morgan fingerprint density at radius 3 is 2.51 bits per heavy atom. The lowest BCUT2D eigenvalue weighted by atomic mass is 10.1. The molecule has 4 aromatic heterocycles. The molecule has 5 aromatic rings. The zero-order valence-corrected chi connectivity index (χ0v) is 21.3. The van der Waals surface area contributed by atoms with Crippen LogP contribution in [-0.4, -0.2) is 51.3 Å². The molecule has 10 nitrogen and oxygen atoms in total. The molecule has 0 amide bonds. The van der Waals surface area contributed by atoms with Crippen molar-refractivity contribution in [2.75, 3.05) is 7.05 Å². The maximum atomic E-state index is 13.8. The third kappa shape index (κ3) is 4.45. The minimum Gasteiger partial charge on any atom is -0.491 e. The molecule has 37 heavy (non-hydrogen) atoms. The number of fused-ring (bicyclic) bond motifs is 2. The monoisotopic (exact) mass is 515 g/mol. The van der Waals surface area contributed by atoms with Gasteiger partial charge in [0, 0.05) is 43.0 Å². The fourth-order valence-electron chi connectivity index (χ4n) is 3.99. The maximum Gasteiger partial charge on any atom is 0.301 e. The van der Waals surface area contributed by atoms with Crippen LogP contribution in [0.25, 0.3) is 33.4 Å². The Labute approximate surface area is 213 Å². The number of benzene rings is 1. The van der Waals surface area contributed by atoms with Gasteiger partial charge in [0.15, 0.2) is 5.03 Å². The maximum absolute atomic E-state index is 13.8. The van der Waals surface area contributed by atoms with Gasteiger partial charge in [0.1, 0.15) is 22.4 Å². The number of nitrogens with two attached hydrogens (primary N) is 1. The standard InChI is InChI=1S/C26H25N7O3S/c1-17(2)36-22-7-4-18(5-8-22)19-6-9-25-30-15-26(32(25)16-19)37(34,35)33-24-10-20(21(11-27)12-28-3)13-29-23(24)14-31-33/h4-17H,27H2,1-3H3. The van der Waals surface area contributed by atoms with E-state index in [0.29, 0.717) is 27.8 Å². The first-order valence-corrected chi connectivity index (χ1v) is 12.9. The Kier molecular flexibility index (Phi) is 6.22. The first-order chi connectivity index (χ1) is 17.8. The van der Waals surface area contributed by atoms with Crippen molar-refractivity contribution in [3.8, 4) is 16.9 Å². The molecule has 0 aliphatic carbocycles. The molecular formula is C26H25N7O3S. The van der Waals surface area contributed by atoms with Crippen LogP contribution in [0.2, 0.25) is 0 Å². The van der Waals surface area contributed by atoms with Gasteiger partial charge in [-0.3, -0.25) is 14.4 Å². The number of aromatic nitrogens is 5.